The minimum atomic E-state index is -4.58. The van der Waals surface area contributed by atoms with Crippen molar-refractivity contribution in [2.75, 3.05) is 48.5 Å². The van der Waals surface area contributed by atoms with Gasteiger partial charge in [0.15, 0.2) is 9.74 Å². The summed E-state index contributed by atoms with van der Waals surface area (Å²) in [5, 5.41) is 25.8. The largest absolute Gasteiger partial charge is 0.466 e. The average molecular weight is 1050 g/mol. The monoisotopic (exact) mass is 1050 g/mol. The Kier molecular flexibility index (Phi) is 15.2. The number of benzene rings is 2. The van der Waals surface area contributed by atoms with Crippen LogP contribution in [0.5, 0.6) is 5.19 Å². The summed E-state index contributed by atoms with van der Waals surface area (Å²) in [5.41, 5.74) is 4.10. The Morgan fingerprint density at radius 2 is 1.23 bits per heavy atom. The molecule has 66 heavy (non-hydrogen) atoms. The maximum absolute atomic E-state index is 12.3. The fraction of sp³-hybridized carbons (Fsp3) is 0.429. The predicted octanol–water partition coefficient (Wildman–Crippen LogP) is 10.2. The van der Waals surface area contributed by atoms with Gasteiger partial charge >= 0.3 is 18.2 Å². The van der Waals surface area contributed by atoms with Crippen LogP contribution in [0.2, 0.25) is 0 Å². The van der Waals surface area contributed by atoms with Gasteiger partial charge in [0.05, 0.1) is 29.9 Å². The molecule has 2 atom stereocenters. The van der Waals surface area contributed by atoms with E-state index in [0.717, 1.165) is 62.3 Å². The first-order valence-electron chi connectivity index (χ1n) is 21.0. The molecular formula is C42H46BrF3N12O4S4. The number of nitrogens with zero attached hydrogens (tertiary/aromatic N) is 12. The van der Waals surface area contributed by atoms with Gasteiger partial charge < -0.3 is 28.7 Å². The van der Waals surface area contributed by atoms with Gasteiger partial charge in [0, 0.05) is 47.1 Å². The minimum Gasteiger partial charge on any atom is -0.466 e. The Labute approximate surface area is 402 Å². The molecule has 0 bridgehead atoms. The number of imidazole rings is 2. The summed E-state index contributed by atoms with van der Waals surface area (Å²) in [6.07, 6.45) is 6.58. The molecule has 0 aliphatic carbocycles. The van der Waals surface area contributed by atoms with Gasteiger partial charge in [-0.25, -0.2) is 19.0 Å². The summed E-state index contributed by atoms with van der Waals surface area (Å²) in [5.74, 6) is 0.0474. The highest BCUT2D eigenvalue weighted by atomic mass is 79.9. The number of hydrogen-bond donors (Lipinski definition) is 1. The summed E-state index contributed by atoms with van der Waals surface area (Å²) in [7, 11) is 0. The zero-order valence-electron chi connectivity index (χ0n) is 36.4. The van der Waals surface area contributed by atoms with E-state index in [1.807, 2.05) is 23.8 Å². The number of fused-ring (bicyclic) bond motifs is 2. The first-order valence-corrected chi connectivity index (χ1v) is 25.8. The lowest BCUT2D eigenvalue weighted by Gasteiger charge is -2.33. The van der Waals surface area contributed by atoms with Crippen LogP contribution >= 0.6 is 62.1 Å². The summed E-state index contributed by atoms with van der Waals surface area (Å²) in [6.45, 7) is 8.48. The molecule has 350 valence electrons. The van der Waals surface area contributed by atoms with Gasteiger partial charge in [0.25, 0.3) is 11.0 Å². The first-order chi connectivity index (χ1) is 31.7. The van der Waals surface area contributed by atoms with Gasteiger partial charge in [-0.05, 0) is 127 Å². The maximum atomic E-state index is 12.3. The number of thioether (sulfide) groups is 2. The number of aliphatic hydroxyl groups excluding tert-OH is 1. The number of aryl methyl sites for hydroxylation is 1. The van der Waals surface area contributed by atoms with Crippen LogP contribution in [0.1, 0.15) is 51.2 Å². The molecule has 0 radical (unpaired) electrons. The number of rotatable bonds is 10. The van der Waals surface area contributed by atoms with Crippen molar-refractivity contribution in [1.29, 1.82) is 0 Å². The van der Waals surface area contributed by atoms with Crippen molar-refractivity contribution in [3.8, 4) is 27.7 Å². The SMILES string of the molecule is CC(O)C1CCN(c2nc(C(F)(F)F)no2)CC1.CSc1ccc(-c2cn3nc(Br)sc3n2)cc1.CSc1ccc(-c2cn3nc(OC(C)C4CCN(c5nc(C)no5)CC4)sc3n2)cc1. The normalized spacial score (nSPS) is 16.0. The number of anilines is 2. The number of ether oxygens (including phenoxy) is 1. The quantitative estimate of drug-likeness (QED) is 0.128. The molecule has 2 aliphatic heterocycles. The molecule has 2 fully saturated rings. The van der Waals surface area contributed by atoms with Crippen LogP contribution in [0.15, 0.2) is 83.7 Å². The van der Waals surface area contributed by atoms with E-state index in [1.165, 1.54) is 32.5 Å². The fourth-order valence-corrected chi connectivity index (χ4v) is 10.3. The van der Waals surface area contributed by atoms with E-state index in [1.54, 1.807) is 39.9 Å². The second-order valence-electron chi connectivity index (χ2n) is 15.6. The summed E-state index contributed by atoms with van der Waals surface area (Å²) in [4.78, 5) is 24.9. The van der Waals surface area contributed by atoms with Crippen LogP contribution in [-0.4, -0.2) is 105 Å². The highest BCUT2D eigenvalue weighted by Gasteiger charge is 2.38. The molecule has 16 nitrogen and oxygen atoms in total. The lowest BCUT2D eigenvalue weighted by atomic mass is 9.92. The third kappa shape index (κ3) is 11.7. The van der Waals surface area contributed by atoms with E-state index >= 15 is 0 Å². The summed E-state index contributed by atoms with van der Waals surface area (Å²) >= 11 is 9.83. The molecule has 0 spiro atoms. The number of piperidine rings is 2. The van der Waals surface area contributed by atoms with Gasteiger partial charge in [-0.15, -0.1) is 33.7 Å². The maximum Gasteiger partial charge on any atom is 0.455 e. The Bertz CT molecular complexity index is 2730. The van der Waals surface area contributed by atoms with Crippen molar-refractivity contribution in [3.63, 3.8) is 0 Å². The summed E-state index contributed by atoms with van der Waals surface area (Å²) in [6, 6.07) is 17.3. The van der Waals surface area contributed by atoms with Crippen LogP contribution in [-0.2, 0) is 6.18 Å². The lowest BCUT2D eigenvalue weighted by molar-refractivity contribution is -0.146. The lowest BCUT2D eigenvalue weighted by Crippen LogP contribution is -2.38. The third-order valence-electron chi connectivity index (χ3n) is 11.3. The molecule has 2 aromatic carbocycles. The van der Waals surface area contributed by atoms with E-state index in [2.05, 4.69) is 129 Å². The van der Waals surface area contributed by atoms with Crippen LogP contribution in [0.25, 0.3) is 32.4 Å². The number of aliphatic hydroxyl groups is 1. The third-order valence-corrected chi connectivity index (χ3v) is 14.9. The van der Waals surface area contributed by atoms with Gasteiger partial charge in [-0.1, -0.05) is 40.8 Å². The van der Waals surface area contributed by atoms with Crippen molar-refractivity contribution in [2.45, 2.75) is 74.6 Å². The average Bonchev–Trinajstić information content (AvgIpc) is 4.19. The van der Waals surface area contributed by atoms with Crippen molar-refractivity contribution < 1.29 is 32.1 Å². The van der Waals surface area contributed by atoms with Crippen LogP contribution in [0.3, 0.4) is 0 Å². The van der Waals surface area contributed by atoms with E-state index in [9.17, 15) is 18.3 Å². The van der Waals surface area contributed by atoms with Crippen molar-refractivity contribution in [1.82, 2.24) is 49.5 Å². The predicted molar refractivity (Wildman–Crippen MR) is 254 cm³/mol. The fourth-order valence-electron chi connectivity index (χ4n) is 7.47. The summed E-state index contributed by atoms with van der Waals surface area (Å²) < 4.78 is 57.4. The molecule has 0 saturated carbocycles. The standard InChI is InChI=1S/C21H24N6O2S2.C11H8BrN3S2.C10H14F3N3O2/c1-13(15-8-10-26(11-9-15)19-22-14(2)25-29-19)28-21-24-27-12-18(23-20(27)31-21)16-4-6-17(30-3)7-5-16;1-16-8-4-2-7(3-5-8)9-6-15-11(13-9)17-10(12)14-15;1-6(17)7-2-4-16(5-3-7)9-14-8(15-18-9)10(11,12)13/h4-7,12-13,15H,8-11H2,1-3H3;2-6H,1H3;6-7,17H,2-5H2,1H3. The van der Waals surface area contributed by atoms with Crippen molar-refractivity contribution >= 4 is 84.1 Å². The van der Waals surface area contributed by atoms with Crippen molar-refractivity contribution in [3.05, 3.63) is 76.5 Å². The Hall–Kier alpha value is -4.75. The molecule has 2 saturated heterocycles. The molecule has 24 heteroatoms. The highest BCUT2D eigenvalue weighted by molar-refractivity contribution is 9.11. The molecule has 8 heterocycles. The molecular weight excluding hydrogens is 1000 g/mol. The molecule has 6 aromatic heterocycles. The Balaban J connectivity index is 0.000000145. The van der Waals surface area contributed by atoms with E-state index in [0.29, 0.717) is 48.9 Å². The van der Waals surface area contributed by atoms with E-state index in [4.69, 9.17) is 14.2 Å². The van der Waals surface area contributed by atoms with Crippen LogP contribution in [0, 0.1) is 18.8 Å². The number of halogens is 4. The molecule has 0 amide bonds. The van der Waals surface area contributed by atoms with Gasteiger partial charge in [0.2, 0.25) is 9.92 Å². The smallest absolute Gasteiger partial charge is 0.455 e. The second-order valence-corrected chi connectivity index (χ2v) is 20.5. The Morgan fingerprint density at radius 3 is 1.68 bits per heavy atom. The second kappa shape index (κ2) is 21.0. The van der Waals surface area contributed by atoms with Crippen LogP contribution in [0.4, 0.5) is 25.2 Å². The van der Waals surface area contributed by atoms with E-state index < -0.39 is 18.1 Å². The molecule has 1 N–H and O–H groups in total. The molecule has 10 rings (SSSR count). The highest BCUT2D eigenvalue weighted by Crippen LogP contribution is 2.33. The first kappa shape index (κ1) is 47.7. The minimum absolute atomic E-state index is 0.0842. The van der Waals surface area contributed by atoms with Gasteiger partial charge in [-0.2, -0.15) is 23.1 Å². The van der Waals surface area contributed by atoms with Gasteiger partial charge in [-0.3, -0.25) is 0 Å². The van der Waals surface area contributed by atoms with Crippen molar-refractivity contribution in [2.24, 2.45) is 11.8 Å². The number of aromatic nitrogens is 10. The van der Waals surface area contributed by atoms with Crippen LogP contribution < -0.4 is 14.5 Å². The topological polar surface area (TPSA) is 174 Å². The zero-order chi connectivity index (χ0) is 46.5. The Morgan fingerprint density at radius 1 is 0.727 bits per heavy atom. The number of hydrogen-bond acceptors (Lipinski definition) is 18. The van der Waals surface area contributed by atoms with E-state index in [-0.39, 0.29) is 18.0 Å². The molecule has 2 aliphatic rings. The number of alkyl halides is 3. The van der Waals surface area contributed by atoms with Gasteiger partial charge in [0.1, 0.15) is 6.10 Å². The zero-order valence-corrected chi connectivity index (χ0v) is 41.3. The molecule has 2 unspecified atom stereocenters. The molecule has 8 aromatic rings.